The van der Waals surface area contributed by atoms with Crippen LogP contribution in [0.4, 0.5) is 0 Å². The van der Waals surface area contributed by atoms with E-state index in [9.17, 15) is 0 Å². The minimum atomic E-state index is 0.360. The Bertz CT molecular complexity index is 373. The second kappa shape index (κ2) is 6.69. The van der Waals surface area contributed by atoms with Crippen LogP contribution in [0.15, 0.2) is 28.7 Å². The number of halogens is 1. The topological polar surface area (TPSA) is 29.3 Å². The number of hydrogen-bond acceptors (Lipinski definition) is 2. The number of hydrogen-bond donors (Lipinski definition) is 1. The molecule has 1 aromatic carbocycles. The van der Waals surface area contributed by atoms with Crippen LogP contribution in [0, 0.1) is 5.92 Å². The number of likely N-dealkylation sites (tertiary alicyclic amines) is 1. The van der Waals surface area contributed by atoms with Crippen LogP contribution in [0.2, 0.25) is 0 Å². The number of benzene rings is 1. The van der Waals surface area contributed by atoms with E-state index in [0.29, 0.717) is 12.6 Å². The molecule has 3 heteroatoms. The SMILES string of the molecule is CCC1CCN(C(CN)c2ccccc2Br)CC1. The first kappa shape index (κ1) is 14.0. The van der Waals surface area contributed by atoms with Crippen LogP contribution < -0.4 is 5.73 Å². The molecule has 100 valence electrons. The molecule has 0 amide bonds. The first-order chi connectivity index (χ1) is 8.76. The van der Waals surface area contributed by atoms with Crippen LogP contribution in [0.1, 0.15) is 37.8 Å². The Balaban J connectivity index is 2.08. The van der Waals surface area contributed by atoms with E-state index in [1.807, 2.05) is 0 Å². The highest BCUT2D eigenvalue weighted by atomic mass is 79.9. The Labute approximate surface area is 119 Å². The van der Waals surface area contributed by atoms with Crippen molar-refractivity contribution in [3.05, 3.63) is 34.3 Å². The van der Waals surface area contributed by atoms with Crippen LogP contribution in [0.3, 0.4) is 0 Å². The van der Waals surface area contributed by atoms with Crippen LogP contribution in [-0.2, 0) is 0 Å². The molecule has 1 saturated heterocycles. The lowest BCUT2D eigenvalue weighted by Crippen LogP contribution is -2.39. The van der Waals surface area contributed by atoms with Gasteiger partial charge in [-0.05, 0) is 43.5 Å². The van der Waals surface area contributed by atoms with E-state index in [0.717, 1.165) is 5.92 Å². The van der Waals surface area contributed by atoms with Crippen molar-refractivity contribution >= 4 is 15.9 Å². The molecule has 1 aliphatic heterocycles. The highest BCUT2D eigenvalue weighted by Crippen LogP contribution is 2.31. The third kappa shape index (κ3) is 3.14. The van der Waals surface area contributed by atoms with E-state index < -0.39 is 0 Å². The second-order valence-electron chi connectivity index (χ2n) is 5.16. The molecule has 0 saturated carbocycles. The fourth-order valence-electron chi connectivity index (χ4n) is 2.89. The summed E-state index contributed by atoms with van der Waals surface area (Å²) in [6.45, 7) is 5.36. The van der Waals surface area contributed by atoms with Gasteiger partial charge in [-0.1, -0.05) is 47.5 Å². The fourth-order valence-corrected chi connectivity index (χ4v) is 3.44. The smallest absolute Gasteiger partial charge is 0.0481 e. The molecule has 18 heavy (non-hydrogen) atoms. The minimum absolute atomic E-state index is 0.360. The molecule has 0 aromatic heterocycles. The molecule has 1 heterocycles. The van der Waals surface area contributed by atoms with Gasteiger partial charge in [-0.15, -0.1) is 0 Å². The lowest BCUT2D eigenvalue weighted by Gasteiger charge is -2.37. The molecule has 1 fully saturated rings. The molecular weight excluding hydrogens is 288 g/mol. The Kier molecular flexibility index (Phi) is 5.22. The summed E-state index contributed by atoms with van der Waals surface area (Å²) in [4.78, 5) is 2.55. The van der Waals surface area contributed by atoms with Crippen molar-refractivity contribution in [2.24, 2.45) is 11.7 Å². The summed E-state index contributed by atoms with van der Waals surface area (Å²) in [5.41, 5.74) is 7.34. The van der Waals surface area contributed by atoms with Gasteiger partial charge in [-0.25, -0.2) is 0 Å². The van der Waals surface area contributed by atoms with Crippen LogP contribution in [0.5, 0.6) is 0 Å². The van der Waals surface area contributed by atoms with Gasteiger partial charge >= 0.3 is 0 Å². The Morgan fingerprint density at radius 1 is 1.33 bits per heavy atom. The average Bonchev–Trinajstić information content (AvgIpc) is 2.42. The van der Waals surface area contributed by atoms with Crippen LogP contribution in [0.25, 0.3) is 0 Å². The van der Waals surface area contributed by atoms with Gasteiger partial charge in [0.1, 0.15) is 0 Å². The quantitative estimate of drug-likeness (QED) is 0.921. The molecule has 2 N–H and O–H groups in total. The fraction of sp³-hybridized carbons (Fsp3) is 0.600. The summed E-state index contributed by atoms with van der Waals surface area (Å²) in [6, 6.07) is 8.81. The Morgan fingerprint density at radius 3 is 2.56 bits per heavy atom. The van der Waals surface area contributed by atoms with Crippen molar-refractivity contribution in [3.63, 3.8) is 0 Å². The van der Waals surface area contributed by atoms with Crippen molar-refractivity contribution in [2.75, 3.05) is 19.6 Å². The molecule has 2 rings (SSSR count). The molecule has 1 atom stereocenters. The molecule has 0 aliphatic carbocycles. The van der Waals surface area contributed by atoms with E-state index in [2.05, 4.69) is 52.0 Å². The third-order valence-corrected chi connectivity index (χ3v) is 4.88. The molecule has 1 unspecified atom stereocenters. The average molecular weight is 311 g/mol. The highest BCUT2D eigenvalue weighted by molar-refractivity contribution is 9.10. The molecule has 1 aromatic rings. The van der Waals surface area contributed by atoms with Gasteiger partial charge in [0.15, 0.2) is 0 Å². The summed E-state index contributed by atoms with van der Waals surface area (Å²) in [5, 5.41) is 0. The minimum Gasteiger partial charge on any atom is -0.329 e. The normalized spacial score (nSPS) is 19.9. The maximum absolute atomic E-state index is 6.01. The summed E-state index contributed by atoms with van der Waals surface area (Å²) < 4.78 is 1.18. The lowest BCUT2D eigenvalue weighted by atomic mass is 9.92. The van der Waals surface area contributed by atoms with Gasteiger partial charge in [0.2, 0.25) is 0 Å². The lowest BCUT2D eigenvalue weighted by molar-refractivity contribution is 0.133. The van der Waals surface area contributed by atoms with Crippen LogP contribution in [-0.4, -0.2) is 24.5 Å². The number of nitrogens with two attached hydrogens (primary N) is 1. The summed E-state index contributed by atoms with van der Waals surface area (Å²) in [6.07, 6.45) is 3.95. The Hall–Kier alpha value is -0.380. The maximum atomic E-state index is 6.01. The van der Waals surface area contributed by atoms with E-state index in [4.69, 9.17) is 5.73 Å². The van der Waals surface area contributed by atoms with E-state index >= 15 is 0 Å². The Morgan fingerprint density at radius 2 is 2.00 bits per heavy atom. The molecule has 1 aliphatic rings. The predicted molar refractivity (Wildman–Crippen MR) is 80.5 cm³/mol. The van der Waals surface area contributed by atoms with Gasteiger partial charge in [0.25, 0.3) is 0 Å². The number of piperidine rings is 1. The molecule has 0 radical (unpaired) electrons. The van der Waals surface area contributed by atoms with Crippen molar-refractivity contribution in [2.45, 2.75) is 32.2 Å². The van der Waals surface area contributed by atoms with Crippen molar-refractivity contribution in [1.29, 1.82) is 0 Å². The highest BCUT2D eigenvalue weighted by Gasteiger charge is 2.25. The molecule has 0 spiro atoms. The van der Waals surface area contributed by atoms with E-state index in [1.165, 1.54) is 42.4 Å². The zero-order chi connectivity index (χ0) is 13.0. The van der Waals surface area contributed by atoms with Crippen molar-refractivity contribution in [3.8, 4) is 0 Å². The first-order valence-electron chi connectivity index (χ1n) is 6.94. The summed E-state index contributed by atoms with van der Waals surface area (Å²) >= 11 is 3.65. The zero-order valence-electron chi connectivity index (χ0n) is 11.1. The van der Waals surface area contributed by atoms with E-state index in [1.54, 1.807) is 0 Å². The largest absolute Gasteiger partial charge is 0.329 e. The van der Waals surface area contributed by atoms with Gasteiger partial charge in [0, 0.05) is 17.1 Å². The zero-order valence-corrected chi connectivity index (χ0v) is 12.7. The summed E-state index contributed by atoms with van der Waals surface area (Å²) in [5.74, 6) is 0.916. The second-order valence-corrected chi connectivity index (χ2v) is 6.01. The van der Waals surface area contributed by atoms with Gasteiger partial charge in [-0.2, -0.15) is 0 Å². The summed E-state index contributed by atoms with van der Waals surface area (Å²) in [7, 11) is 0. The monoisotopic (exact) mass is 310 g/mol. The van der Waals surface area contributed by atoms with Crippen molar-refractivity contribution in [1.82, 2.24) is 4.90 Å². The third-order valence-electron chi connectivity index (χ3n) is 4.15. The molecule has 0 bridgehead atoms. The molecular formula is C15H23BrN2. The standard InChI is InChI=1S/C15H23BrN2/c1-2-12-7-9-18(10-8-12)15(11-17)13-5-3-4-6-14(13)16/h3-6,12,15H,2,7-11,17H2,1H3. The van der Waals surface area contributed by atoms with Gasteiger partial charge in [0.05, 0.1) is 0 Å². The predicted octanol–water partition coefficient (Wildman–Crippen LogP) is 3.57. The van der Waals surface area contributed by atoms with E-state index in [-0.39, 0.29) is 0 Å². The molecule has 2 nitrogen and oxygen atoms in total. The van der Waals surface area contributed by atoms with Crippen LogP contribution >= 0.6 is 15.9 Å². The van der Waals surface area contributed by atoms with Crippen molar-refractivity contribution < 1.29 is 0 Å². The van der Waals surface area contributed by atoms with Gasteiger partial charge in [-0.3, -0.25) is 4.90 Å². The number of rotatable bonds is 4. The van der Waals surface area contributed by atoms with Gasteiger partial charge < -0.3 is 5.73 Å². The first-order valence-corrected chi connectivity index (χ1v) is 7.74. The maximum Gasteiger partial charge on any atom is 0.0481 e. The number of nitrogens with zero attached hydrogens (tertiary/aromatic N) is 1.